The average Bonchev–Trinajstić information content (AvgIpc) is 2.68. The first-order valence-corrected chi connectivity index (χ1v) is 5.94. The first kappa shape index (κ1) is 17.4. The summed E-state index contributed by atoms with van der Waals surface area (Å²) in [5.41, 5.74) is 7.64. The lowest BCUT2D eigenvalue weighted by molar-refractivity contribution is -0.274. The molecule has 1 atom stereocenters. The molecule has 116 valence electrons. The summed E-state index contributed by atoms with van der Waals surface area (Å²) in [5.74, 6) is 1.07. The number of halogens is 4. The second-order valence-corrected chi connectivity index (χ2v) is 4.48. The molecule has 0 aliphatic heterocycles. The molecule has 1 aromatic heterocycles. The maximum atomic E-state index is 12.1. The normalized spacial score (nSPS) is 12.7. The number of ether oxygens (including phenoxy) is 1. The van der Waals surface area contributed by atoms with Crippen molar-refractivity contribution in [2.75, 3.05) is 0 Å². The summed E-state index contributed by atoms with van der Waals surface area (Å²) in [6.07, 6.45) is -4.70. The molecule has 1 aromatic carbocycles. The number of furan rings is 1. The first-order valence-electron chi connectivity index (χ1n) is 5.94. The standard InChI is InChI=1S/C14H14F3NO2.ClH/c1-8-7-12(19-9(8)2)13(18)10-3-5-11(6-4-10)20-14(15,16)17;/h3-7,13H,18H2,1-2H3;1H/t13-;/m0./s1. The number of hydrogen-bond donors (Lipinski definition) is 1. The molecule has 2 rings (SSSR count). The second-order valence-electron chi connectivity index (χ2n) is 4.48. The molecular weight excluding hydrogens is 307 g/mol. The summed E-state index contributed by atoms with van der Waals surface area (Å²) in [6.45, 7) is 3.72. The topological polar surface area (TPSA) is 48.4 Å². The van der Waals surface area contributed by atoms with Gasteiger partial charge >= 0.3 is 6.36 Å². The van der Waals surface area contributed by atoms with E-state index in [1.807, 2.05) is 19.9 Å². The van der Waals surface area contributed by atoms with Crippen molar-refractivity contribution < 1.29 is 22.3 Å². The van der Waals surface area contributed by atoms with E-state index in [1.54, 1.807) is 0 Å². The predicted molar refractivity (Wildman–Crippen MR) is 74.6 cm³/mol. The molecule has 7 heteroatoms. The van der Waals surface area contributed by atoms with Gasteiger partial charge in [-0.3, -0.25) is 0 Å². The van der Waals surface area contributed by atoms with Crippen LogP contribution in [0.15, 0.2) is 34.7 Å². The van der Waals surface area contributed by atoms with E-state index in [-0.39, 0.29) is 18.2 Å². The van der Waals surface area contributed by atoms with Gasteiger partial charge in [-0.15, -0.1) is 25.6 Å². The zero-order chi connectivity index (χ0) is 14.9. The third-order valence-electron chi connectivity index (χ3n) is 2.96. The van der Waals surface area contributed by atoms with Crippen molar-refractivity contribution in [3.63, 3.8) is 0 Å². The summed E-state index contributed by atoms with van der Waals surface area (Å²) >= 11 is 0. The van der Waals surface area contributed by atoms with E-state index < -0.39 is 12.4 Å². The Bertz CT molecular complexity index is 574. The minimum Gasteiger partial charge on any atom is -0.464 e. The second kappa shape index (κ2) is 6.41. The summed E-state index contributed by atoms with van der Waals surface area (Å²) in [7, 11) is 0. The number of benzene rings is 1. The van der Waals surface area contributed by atoms with Crippen LogP contribution in [0.3, 0.4) is 0 Å². The molecule has 2 N–H and O–H groups in total. The highest BCUT2D eigenvalue weighted by Crippen LogP contribution is 2.27. The van der Waals surface area contributed by atoms with Crippen molar-refractivity contribution in [3.05, 3.63) is 53.0 Å². The van der Waals surface area contributed by atoms with Crippen LogP contribution in [-0.4, -0.2) is 6.36 Å². The van der Waals surface area contributed by atoms with Crippen LogP contribution in [0.2, 0.25) is 0 Å². The molecule has 0 unspecified atom stereocenters. The lowest BCUT2D eigenvalue weighted by atomic mass is 10.1. The molecule has 0 aliphatic carbocycles. The number of hydrogen-bond acceptors (Lipinski definition) is 3. The van der Waals surface area contributed by atoms with E-state index in [0.717, 1.165) is 11.3 Å². The zero-order valence-corrected chi connectivity index (χ0v) is 12.2. The van der Waals surface area contributed by atoms with Crippen LogP contribution in [0.25, 0.3) is 0 Å². The Hall–Kier alpha value is -1.66. The molecule has 0 saturated heterocycles. The van der Waals surface area contributed by atoms with E-state index in [0.29, 0.717) is 11.3 Å². The Balaban J connectivity index is 0.00000220. The van der Waals surface area contributed by atoms with E-state index in [2.05, 4.69) is 4.74 Å². The summed E-state index contributed by atoms with van der Waals surface area (Å²) in [5, 5.41) is 0. The van der Waals surface area contributed by atoms with Crippen LogP contribution in [0, 0.1) is 13.8 Å². The van der Waals surface area contributed by atoms with E-state index in [1.165, 1.54) is 24.3 Å². The highest BCUT2D eigenvalue weighted by molar-refractivity contribution is 5.85. The van der Waals surface area contributed by atoms with Gasteiger partial charge in [0.25, 0.3) is 0 Å². The number of aryl methyl sites for hydroxylation is 2. The molecule has 0 amide bonds. The van der Waals surface area contributed by atoms with Crippen molar-refractivity contribution >= 4 is 12.4 Å². The predicted octanol–water partition coefficient (Wildman–Crippen LogP) is 4.26. The molecule has 21 heavy (non-hydrogen) atoms. The van der Waals surface area contributed by atoms with E-state index in [4.69, 9.17) is 10.2 Å². The SMILES string of the molecule is Cc1cc([C@@H](N)c2ccc(OC(F)(F)F)cc2)oc1C.Cl. The molecular formula is C14H15ClF3NO2. The molecule has 2 aromatic rings. The van der Waals surface area contributed by atoms with E-state index >= 15 is 0 Å². The fraction of sp³-hybridized carbons (Fsp3) is 0.286. The van der Waals surface area contributed by atoms with Crippen LogP contribution in [-0.2, 0) is 0 Å². The molecule has 0 saturated carbocycles. The van der Waals surface area contributed by atoms with Crippen molar-refractivity contribution in [3.8, 4) is 5.75 Å². The van der Waals surface area contributed by atoms with Crippen LogP contribution in [0.5, 0.6) is 5.75 Å². The Kier molecular flexibility index (Phi) is 5.31. The maximum Gasteiger partial charge on any atom is 0.573 e. The van der Waals surface area contributed by atoms with Gasteiger partial charge in [0.1, 0.15) is 17.3 Å². The van der Waals surface area contributed by atoms with Gasteiger partial charge in [0.15, 0.2) is 0 Å². The van der Waals surface area contributed by atoms with Gasteiger partial charge in [0.05, 0.1) is 6.04 Å². The van der Waals surface area contributed by atoms with Crippen molar-refractivity contribution in [1.29, 1.82) is 0 Å². The monoisotopic (exact) mass is 321 g/mol. The minimum atomic E-state index is -4.70. The summed E-state index contributed by atoms with van der Waals surface area (Å²) in [6, 6.07) is 6.72. The number of alkyl halides is 3. The molecule has 0 aliphatic rings. The average molecular weight is 322 g/mol. The largest absolute Gasteiger partial charge is 0.573 e. The Morgan fingerprint density at radius 2 is 1.71 bits per heavy atom. The molecule has 3 nitrogen and oxygen atoms in total. The highest BCUT2D eigenvalue weighted by Gasteiger charge is 2.31. The van der Waals surface area contributed by atoms with Gasteiger partial charge in [-0.05, 0) is 43.2 Å². The first-order chi connectivity index (χ1) is 9.26. The summed E-state index contributed by atoms with van der Waals surface area (Å²) < 4.78 is 45.5. The third kappa shape index (κ3) is 4.41. The molecule has 0 radical (unpaired) electrons. The van der Waals surface area contributed by atoms with Gasteiger partial charge in [-0.2, -0.15) is 0 Å². The lowest BCUT2D eigenvalue weighted by Crippen LogP contribution is -2.17. The van der Waals surface area contributed by atoms with Gasteiger partial charge in [0.2, 0.25) is 0 Å². The summed E-state index contributed by atoms with van der Waals surface area (Å²) in [4.78, 5) is 0. The van der Waals surface area contributed by atoms with Crippen LogP contribution >= 0.6 is 12.4 Å². The van der Waals surface area contributed by atoms with Gasteiger partial charge in [-0.1, -0.05) is 12.1 Å². The zero-order valence-electron chi connectivity index (χ0n) is 11.4. The molecule has 1 heterocycles. The Labute approximate surface area is 126 Å². The van der Waals surface area contributed by atoms with Crippen LogP contribution < -0.4 is 10.5 Å². The van der Waals surface area contributed by atoms with Crippen molar-refractivity contribution in [2.45, 2.75) is 26.3 Å². The molecule has 0 bridgehead atoms. The van der Waals surface area contributed by atoms with Crippen molar-refractivity contribution in [2.24, 2.45) is 5.73 Å². The minimum absolute atomic E-state index is 0. The van der Waals surface area contributed by atoms with E-state index in [9.17, 15) is 13.2 Å². The maximum absolute atomic E-state index is 12.1. The Morgan fingerprint density at radius 1 is 1.14 bits per heavy atom. The quantitative estimate of drug-likeness (QED) is 0.918. The fourth-order valence-corrected chi connectivity index (χ4v) is 1.80. The number of rotatable bonds is 3. The Morgan fingerprint density at radius 3 is 2.14 bits per heavy atom. The fourth-order valence-electron chi connectivity index (χ4n) is 1.80. The van der Waals surface area contributed by atoms with Gasteiger partial charge < -0.3 is 14.9 Å². The lowest BCUT2D eigenvalue weighted by Gasteiger charge is -2.12. The van der Waals surface area contributed by atoms with Gasteiger partial charge in [-0.25, -0.2) is 0 Å². The number of nitrogens with two attached hydrogens (primary N) is 1. The third-order valence-corrected chi connectivity index (χ3v) is 2.96. The van der Waals surface area contributed by atoms with Gasteiger partial charge in [0, 0.05) is 0 Å². The van der Waals surface area contributed by atoms with Crippen LogP contribution in [0.4, 0.5) is 13.2 Å². The molecule has 0 fully saturated rings. The highest BCUT2D eigenvalue weighted by atomic mass is 35.5. The van der Waals surface area contributed by atoms with Crippen molar-refractivity contribution in [1.82, 2.24) is 0 Å². The molecule has 0 spiro atoms. The van der Waals surface area contributed by atoms with Crippen LogP contribution in [0.1, 0.15) is 28.7 Å². The smallest absolute Gasteiger partial charge is 0.464 e.